The Morgan fingerprint density at radius 3 is 2.46 bits per heavy atom. The van der Waals surface area contributed by atoms with Gasteiger partial charge < -0.3 is 30.7 Å². The highest BCUT2D eigenvalue weighted by atomic mass is 16.6. The van der Waals surface area contributed by atoms with Crippen molar-refractivity contribution in [1.29, 1.82) is 0 Å². The predicted molar refractivity (Wildman–Crippen MR) is 162 cm³/mol. The van der Waals surface area contributed by atoms with E-state index in [0.717, 1.165) is 23.3 Å². The van der Waals surface area contributed by atoms with Crippen molar-refractivity contribution < 1.29 is 19.1 Å². The largest absolute Gasteiger partial charge is 0.469 e. The summed E-state index contributed by atoms with van der Waals surface area (Å²) in [4.78, 5) is 34.3. The molecule has 6 N–H and O–H groups in total. The molecule has 224 valence electrons. The van der Waals surface area contributed by atoms with Gasteiger partial charge in [-0.1, -0.05) is 24.6 Å². The van der Waals surface area contributed by atoms with Crippen molar-refractivity contribution in [3.63, 3.8) is 0 Å². The standard InChI is InChI=1S/C29H44N8O4/c1-8-20(2)16-22(19-36(6)15-9-10-25(38)40-7)34-27-32-18-24(30)26(35-27)37(31)23-13-11-21(12-14-23)17-33-28(39)41-29(3,4)5/h11-14,16,18-19H,8-10,15,17,30-31H2,1-7H3,(H,33,39)(H,32,34,35)/b20-16+,22-19+. The number of hydrogen-bond acceptors (Lipinski definition) is 11. The Bertz CT molecular complexity index is 1220. The molecule has 0 atom stereocenters. The van der Waals surface area contributed by atoms with E-state index in [2.05, 4.69) is 27.5 Å². The van der Waals surface area contributed by atoms with E-state index < -0.39 is 11.7 Å². The van der Waals surface area contributed by atoms with Crippen LogP contribution in [0.1, 0.15) is 59.4 Å². The lowest BCUT2D eigenvalue weighted by molar-refractivity contribution is -0.140. The monoisotopic (exact) mass is 568 g/mol. The van der Waals surface area contributed by atoms with Gasteiger partial charge >= 0.3 is 12.1 Å². The number of nitrogens with one attached hydrogen (secondary N) is 2. The third-order valence-corrected chi connectivity index (χ3v) is 5.77. The summed E-state index contributed by atoms with van der Waals surface area (Å²) in [6.45, 7) is 10.5. The van der Waals surface area contributed by atoms with Crippen LogP contribution in [0, 0.1) is 0 Å². The highest BCUT2D eigenvalue weighted by Gasteiger charge is 2.16. The second-order valence-corrected chi connectivity index (χ2v) is 10.6. The topological polar surface area (TPSA) is 161 Å². The van der Waals surface area contributed by atoms with Crippen molar-refractivity contribution >= 4 is 35.2 Å². The molecule has 1 aromatic heterocycles. The average molecular weight is 569 g/mol. The van der Waals surface area contributed by atoms with Gasteiger partial charge in [-0.15, -0.1) is 0 Å². The second kappa shape index (κ2) is 15.5. The van der Waals surface area contributed by atoms with Crippen molar-refractivity contribution in [1.82, 2.24) is 20.2 Å². The smallest absolute Gasteiger partial charge is 0.407 e. The second-order valence-electron chi connectivity index (χ2n) is 10.6. The molecule has 1 heterocycles. The number of hydrazine groups is 1. The first-order valence-electron chi connectivity index (χ1n) is 13.5. The predicted octanol–water partition coefficient (Wildman–Crippen LogP) is 4.59. The van der Waals surface area contributed by atoms with E-state index in [9.17, 15) is 9.59 Å². The number of allylic oxidation sites excluding steroid dienone is 2. The van der Waals surface area contributed by atoms with Crippen molar-refractivity contribution in [2.75, 3.05) is 36.8 Å². The zero-order valence-corrected chi connectivity index (χ0v) is 25.2. The molecule has 41 heavy (non-hydrogen) atoms. The van der Waals surface area contributed by atoms with E-state index in [-0.39, 0.29) is 5.97 Å². The number of amides is 1. The van der Waals surface area contributed by atoms with E-state index in [1.54, 1.807) is 0 Å². The zero-order valence-electron chi connectivity index (χ0n) is 25.2. The lowest BCUT2D eigenvalue weighted by Crippen LogP contribution is -2.32. The molecule has 0 aliphatic heterocycles. The molecular weight excluding hydrogens is 524 g/mol. The number of hydrogen-bond donors (Lipinski definition) is 4. The van der Waals surface area contributed by atoms with Crippen LogP contribution in [-0.2, 0) is 20.8 Å². The normalized spacial score (nSPS) is 12.0. The van der Waals surface area contributed by atoms with Crippen LogP contribution in [-0.4, -0.2) is 53.2 Å². The van der Waals surface area contributed by atoms with Gasteiger partial charge in [0.15, 0.2) is 5.82 Å². The van der Waals surface area contributed by atoms with Gasteiger partial charge in [0.05, 0.1) is 30.4 Å². The Hall–Kier alpha value is -4.32. The highest BCUT2D eigenvalue weighted by molar-refractivity contribution is 5.71. The first-order valence-corrected chi connectivity index (χ1v) is 13.5. The van der Waals surface area contributed by atoms with Crippen molar-refractivity contribution in [2.45, 2.75) is 66.0 Å². The van der Waals surface area contributed by atoms with E-state index in [0.29, 0.717) is 49.1 Å². The minimum atomic E-state index is -0.567. The molecule has 2 rings (SSSR count). The fourth-order valence-electron chi connectivity index (χ4n) is 3.50. The molecular formula is C29H44N8O4. The summed E-state index contributed by atoms with van der Waals surface area (Å²) in [7, 11) is 3.31. The Morgan fingerprint density at radius 1 is 1.17 bits per heavy atom. The number of nitrogens with zero attached hydrogens (tertiary/aromatic N) is 4. The molecule has 0 bridgehead atoms. The number of methoxy groups -OCH3 is 1. The number of esters is 1. The SMILES string of the molecule is CC/C(C)=C/C(=C\N(C)CCCC(=O)OC)Nc1ncc(N)c(N(N)c2ccc(CNC(=O)OC(C)(C)C)cc2)n1. The Kier molecular flexibility index (Phi) is 12.4. The molecule has 0 unspecified atom stereocenters. The maximum Gasteiger partial charge on any atom is 0.407 e. The van der Waals surface area contributed by atoms with Gasteiger partial charge in [-0.25, -0.2) is 15.6 Å². The van der Waals surface area contributed by atoms with E-state index in [1.165, 1.54) is 18.3 Å². The summed E-state index contributed by atoms with van der Waals surface area (Å²) in [5, 5.41) is 7.36. The number of carbonyl (C=O) groups excluding carboxylic acids is 2. The molecule has 0 saturated carbocycles. The lowest BCUT2D eigenvalue weighted by Gasteiger charge is -2.21. The summed E-state index contributed by atoms with van der Waals surface area (Å²) >= 11 is 0. The molecule has 0 aliphatic rings. The number of nitrogens with two attached hydrogens (primary N) is 2. The van der Waals surface area contributed by atoms with E-state index in [4.69, 9.17) is 21.1 Å². The molecule has 0 saturated heterocycles. The lowest BCUT2D eigenvalue weighted by atomic mass is 10.2. The number of rotatable bonds is 13. The number of anilines is 4. The minimum absolute atomic E-state index is 0.233. The highest BCUT2D eigenvalue weighted by Crippen LogP contribution is 2.26. The van der Waals surface area contributed by atoms with Crippen LogP contribution in [0.15, 0.2) is 54.0 Å². The van der Waals surface area contributed by atoms with E-state index >= 15 is 0 Å². The number of carbonyl (C=O) groups is 2. The molecule has 2 aromatic rings. The number of alkyl carbamates (subject to hydrolysis) is 1. The van der Waals surface area contributed by atoms with Crippen LogP contribution in [0.4, 0.5) is 27.9 Å². The average Bonchev–Trinajstić information content (AvgIpc) is 2.91. The van der Waals surface area contributed by atoms with Gasteiger partial charge in [0.25, 0.3) is 0 Å². The summed E-state index contributed by atoms with van der Waals surface area (Å²) in [5.74, 6) is 6.81. The fourth-order valence-corrected chi connectivity index (χ4v) is 3.50. The van der Waals surface area contributed by atoms with Gasteiger partial charge in [-0.3, -0.25) is 9.80 Å². The summed E-state index contributed by atoms with van der Waals surface area (Å²) in [6.07, 6.45) is 6.83. The number of nitrogen functional groups attached to an aromatic ring is 1. The number of ether oxygens (including phenoxy) is 2. The summed E-state index contributed by atoms with van der Waals surface area (Å²) in [5.41, 5.74) is 9.36. The van der Waals surface area contributed by atoms with Gasteiger partial charge in [-0.05, 0) is 64.3 Å². The van der Waals surface area contributed by atoms with Crippen LogP contribution in [0.5, 0.6) is 0 Å². The fraction of sp³-hybridized carbons (Fsp3) is 0.448. The number of benzene rings is 1. The van der Waals surface area contributed by atoms with Gasteiger partial charge in [0.2, 0.25) is 5.95 Å². The molecule has 0 fully saturated rings. The minimum Gasteiger partial charge on any atom is -0.469 e. The first-order chi connectivity index (χ1) is 19.3. The van der Waals surface area contributed by atoms with Crippen molar-refractivity contribution in [3.05, 3.63) is 59.6 Å². The van der Waals surface area contributed by atoms with Crippen LogP contribution < -0.4 is 27.2 Å². The van der Waals surface area contributed by atoms with Crippen molar-refractivity contribution in [2.24, 2.45) is 5.84 Å². The molecule has 12 heteroatoms. The third-order valence-electron chi connectivity index (χ3n) is 5.77. The van der Waals surface area contributed by atoms with Crippen LogP contribution in [0.2, 0.25) is 0 Å². The van der Waals surface area contributed by atoms with Gasteiger partial charge in [0.1, 0.15) is 5.60 Å². The van der Waals surface area contributed by atoms with Crippen LogP contribution >= 0.6 is 0 Å². The van der Waals surface area contributed by atoms with Crippen molar-refractivity contribution in [3.8, 4) is 0 Å². The van der Waals surface area contributed by atoms with E-state index in [1.807, 2.05) is 76.2 Å². The summed E-state index contributed by atoms with van der Waals surface area (Å²) < 4.78 is 9.99. The van der Waals surface area contributed by atoms with Crippen LogP contribution in [0.3, 0.4) is 0 Å². The maximum absolute atomic E-state index is 11.9. The molecule has 1 amide bonds. The Labute approximate surface area is 242 Å². The van der Waals surface area contributed by atoms with Crippen LogP contribution in [0.25, 0.3) is 0 Å². The molecule has 0 spiro atoms. The Balaban J connectivity index is 2.16. The summed E-state index contributed by atoms with van der Waals surface area (Å²) in [6, 6.07) is 7.31. The Morgan fingerprint density at radius 2 is 1.85 bits per heavy atom. The molecule has 12 nitrogen and oxygen atoms in total. The number of aromatic nitrogens is 2. The third kappa shape index (κ3) is 11.8. The quantitative estimate of drug-likeness (QED) is 0.116. The zero-order chi connectivity index (χ0) is 30.6. The van der Waals surface area contributed by atoms with Gasteiger partial charge in [0, 0.05) is 32.8 Å². The van der Waals surface area contributed by atoms with Gasteiger partial charge in [-0.2, -0.15) is 4.98 Å². The molecule has 0 aliphatic carbocycles. The maximum atomic E-state index is 11.9. The molecule has 1 aromatic carbocycles. The first kappa shape index (κ1) is 32.9. The molecule has 0 radical (unpaired) electrons.